The average molecular weight is 213 g/mol. The van der Waals surface area contributed by atoms with E-state index in [0.717, 1.165) is 6.42 Å². The van der Waals surface area contributed by atoms with E-state index in [1.807, 2.05) is 0 Å². The van der Waals surface area contributed by atoms with Gasteiger partial charge in [0.05, 0.1) is 5.41 Å². The summed E-state index contributed by atoms with van der Waals surface area (Å²) < 4.78 is 0. The zero-order valence-electron chi connectivity index (χ0n) is 11.6. The first-order valence-corrected chi connectivity index (χ1v) is 5.66. The molecule has 0 fully saturated rings. The van der Waals surface area contributed by atoms with E-state index < -0.39 is 0 Å². The van der Waals surface area contributed by atoms with Crippen molar-refractivity contribution in [1.29, 1.82) is 0 Å². The highest BCUT2D eigenvalue weighted by molar-refractivity contribution is 5.82. The third-order valence-corrected chi connectivity index (χ3v) is 3.27. The van der Waals surface area contributed by atoms with Gasteiger partial charge in [0, 0.05) is 7.05 Å². The van der Waals surface area contributed by atoms with Crippen molar-refractivity contribution in [3.8, 4) is 0 Å². The van der Waals surface area contributed by atoms with Crippen LogP contribution < -0.4 is 5.32 Å². The van der Waals surface area contributed by atoms with Crippen LogP contribution in [0.25, 0.3) is 0 Å². The van der Waals surface area contributed by atoms with Crippen molar-refractivity contribution in [2.75, 3.05) is 7.05 Å². The Kier molecular flexibility index (Phi) is 4.00. The first kappa shape index (κ1) is 14.5. The summed E-state index contributed by atoms with van der Waals surface area (Å²) >= 11 is 0. The summed E-state index contributed by atoms with van der Waals surface area (Å²) in [5.74, 6) is 0.143. The predicted octanol–water partition coefficient (Wildman–Crippen LogP) is 3.22. The first-order valence-electron chi connectivity index (χ1n) is 5.66. The monoisotopic (exact) mass is 213 g/mol. The Hall–Kier alpha value is -0.530. The summed E-state index contributed by atoms with van der Waals surface area (Å²) in [6, 6.07) is 0. The molecule has 2 nitrogen and oxygen atoms in total. The van der Waals surface area contributed by atoms with E-state index in [4.69, 9.17) is 0 Å². The molecule has 0 saturated heterocycles. The van der Waals surface area contributed by atoms with Crippen LogP contribution in [0.4, 0.5) is 0 Å². The summed E-state index contributed by atoms with van der Waals surface area (Å²) in [7, 11) is 1.72. The van der Waals surface area contributed by atoms with Gasteiger partial charge in [0.15, 0.2) is 0 Å². The van der Waals surface area contributed by atoms with Crippen molar-refractivity contribution >= 4 is 5.91 Å². The fourth-order valence-electron chi connectivity index (χ4n) is 2.02. The molecule has 0 bridgehead atoms. The van der Waals surface area contributed by atoms with E-state index in [1.165, 1.54) is 0 Å². The normalized spacial score (nSPS) is 17.1. The number of amides is 1. The Morgan fingerprint density at radius 1 is 1.00 bits per heavy atom. The predicted molar refractivity (Wildman–Crippen MR) is 65.7 cm³/mol. The second-order valence-electron chi connectivity index (χ2n) is 6.90. The molecule has 90 valence electrons. The van der Waals surface area contributed by atoms with Crippen molar-refractivity contribution in [2.45, 2.75) is 54.9 Å². The number of carbonyl (C=O) groups is 1. The lowest BCUT2D eigenvalue weighted by atomic mass is 9.61. The standard InChI is InChI=1S/C13H27NO/c1-11(2,3)9-13(7,10(15)14-8)12(4,5)6/h9H2,1-8H3,(H,14,15). The van der Waals surface area contributed by atoms with Gasteiger partial charge in [-0.15, -0.1) is 0 Å². The third kappa shape index (κ3) is 3.51. The number of hydrogen-bond donors (Lipinski definition) is 1. The Morgan fingerprint density at radius 3 is 1.60 bits per heavy atom. The Labute approximate surface area is 94.8 Å². The van der Waals surface area contributed by atoms with Crippen LogP contribution in [0.5, 0.6) is 0 Å². The molecule has 0 aliphatic rings. The quantitative estimate of drug-likeness (QED) is 0.749. The molecule has 15 heavy (non-hydrogen) atoms. The molecule has 0 heterocycles. The maximum absolute atomic E-state index is 12.0. The van der Waals surface area contributed by atoms with Crippen LogP contribution >= 0.6 is 0 Å². The van der Waals surface area contributed by atoms with Gasteiger partial charge in [0.2, 0.25) is 5.91 Å². The zero-order chi connectivity index (χ0) is 12.5. The lowest BCUT2D eigenvalue weighted by molar-refractivity contribution is -0.138. The molecular weight excluding hydrogens is 186 g/mol. The highest BCUT2D eigenvalue weighted by atomic mass is 16.2. The molecule has 0 aliphatic heterocycles. The molecule has 0 aliphatic carbocycles. The van der Waals surface area contributed by atoms with E-state index in [2.05, 4.69) is 53.8 Å². The van der Waals surface area contributed by atoms with E-state index in [1.54, 1.807) is 7.05 Å². The molecule has 1 amide bonds. The van der Waals surface area contributed by atoms with Crippen molar-refractivity contribution in [2.24, 2.45) is 16.2 Å². The molecule has 1 unspecified atom stereocenters. The smallest absolute Gasteiger partial charge is 0.226 e. The van der Waals surface area contributed by atoms with Gasteiger partial charge in [-0.05, 0) is 17.3 Å². The largest absolute Gasteiger partial charge is 0.359 e. The van der Waals surface area contributed by atoms with Crippen molar-refractivity contribution < 1.29 is 4.79 Å². The van der Waals surface area contributed by atoms with E-state index in [9.17, 15) is 4.79 Å². The van der Waals surface area contributed by atoms with Crippen LogP contribution in [0.3, 0.4) is 0 Å². The number of rotatable bonds is 2. The molecule has 2 heteroatoms. The van der Waals surface area contributed by atoms with E-state index in [-0.39, 0.29) is 22.2 Å². The van der Waals surface area contributed by atoms with Crippen LogP contribution in [-0.2, 0) is 4.79 Å². The van der Waals surface area contributed by atoms with Crippen LogP contribution in [-0.4, -0.2) is 13.0 Å². The fourth-order valence-corrected chi connectivity index (χ4v) is 2.02. The van der Waals surface area contributed by atoms with E-state index >= 15 is 0 Å². The van der Waals surface area contributed by atoms with Crippen molar-refractivity contribution in [3.05, 3.63) is 0 Å². The number of hydrogen-bond acceptors (Lipinski definition) is 1. The number of nitrogens with one attached hydrogen (secondary N) is 1. The molecule has 0 rings (SSSR count). The minimum absolute atomic E-state index is 0.0274. The SMILES string of the molecule is CNC(=O)C(C)(CC(C)(C)C)C(C)(C)C. The molecule has 1 N–H and O–H groups in total. The molecule has 0 radical (unpaired) electrons. The second-order valence-corrected chi connectivity index (χ2v) is 6.90. The van der Waals surface area contributed by atoms with Gasteiger partial charge in [-0.2, -0.15) is 0 Å². The summed E-state index contributed by atoms with van der Waals surface area (Å²) in [5.41, 5.74) is -0.186. The summed E-state index contributed by atoms with van der Waals surface area (Å²) in [5, 5.41) is 2.80. The van der Waals surface area contributed by atoms with Crippen molar-refractivity contribution in [3.63, 3.8) is 0 Å². The molecule has 0 aromatic heterocycles. The van der Waals surface area contributed by atoms with Gasteiger partial charge in [-0.3, -0.25) is 4.79 Å². The minimum Gasteiger partial charge on any atom is -0.359 e. The van der Waals surface area contributed by atoms with Crippen LogP contribution in [0.1, 0.15) is 54.9 Å². The van der Waals surface area contributed by atoms with E-state index in [0.29, 0.717) is 0 Å². The molecule has 0 aromatic carbocycles. The van der Waals surface area contributed by atoms with Crippen LogP contribution in [0, 0.1) is 16.2 Å². The minimum atomic E-state index is -0.319. The molecule has 0 aromatic rings. The molecule has 1 atom stereocenters. The zero-order valence-corrected chi connectivity index (χ0v) is 11.6. The van der Waals surface area contributed by atoms with Crippen LogP contribution in [0.15, 0.2) is 0 Å². The Balaban J connectivity index is 5.14. The Bertz CT molecular complexity index is 232. The lowest BCUT2D eigenvalue weighted by Gasteiger charge is -2.44. The number of carbonyl (C=O) groups excluding carboxylic acids is 1. The summed E-state index contributed by atoms with van der Waals surface area (Å²) in [6.45, 7) is 15.0. The maximum atomic E-state index is 12.0. The first-order chi connectivity index (χ1) is 6.44. The maximum Gasteiger partial charge on any atom is 0.226 e. The van der Waals surface area contributed by atoms with Gasteiger partial charge < -0.3 is 5.32 Å². The highest BCUT2D eigenvalue weighted by Crippen LogP contribution is 2.46. The second kappa shape index (κ2) is 4.15. The third-order valence-electron chi connectivity index (χ3n) is 3.27. The lowest BCUT2D eigenvalue weighted by Crippen LogP contribution is -2.48. The molecule has 0 spiro atoms. The summed E-state index contributed by atoms with van der Waals surface area (Å²) in [6.07, 6.45) is 0.892. The average Bonchev–Trinajstić information content (AvgIpc) is 1.97. The van der Waals surface area contributed by atoms with Gasteiger partial charge in [-0.25, -0.2) is 0 Å². The van der Waals surface area contributed by atoms with Gasteiger partial charge in [0.25, 0.3) is 0 Å². The van der Waals surface area contributed by atoms with Gasteiger partial charge in [0.1, 0.15) is 0 Å². The summed E-state index contributed by atoms with van der Waals surface area (Å²) in [4.78, 5) is 12.0. The topological polar surface area (TPSA) is 29.1 Å². The van der Waals surface area contributed by atoms with Gasteiger partial charge in [-0.1, -0.05) is 48.5 Å². The Morgan fingerprint density at radius 2 is 1.40 bits per heavy atom. The molecular formula is C13H27NO. The van der Waals surface area contributed by atoms with Crippen molar-refractivity contribution in [1.82, 2.24) is 5.32 Å². The van der Waals surface area contributed by atoms with Gasteiger partial charge >= 0.3 is 0 Å². The van der Waals surface area contributed by atoms with Crippen LogP contribution in [0.2, 0.25) is 0 Å². The molecule has 0 saturated carbocycles. The highest BCUT2D eigenvalue weighted by Gasteiger charge is 2.45. The fraction of sp³-hybridized carbons (Fsp3) is 0.923.